The number of rotatable bonds is 5. The van der Waals surface area contributed by atoms with E-state index in [0.29, 0.717) is 0 Å². The van der Waals surface area contributed by atoms with Gasteiger partial charge in [-0.05, 0) is 12.0 Å². The van der Waals surface area contributed by atoms with E-state index >= 15 is 0 Å². The summed E-state index contributed by atoms with van der Waals surface area (Å²) in [6.45, 7) is 4.12. The lowest BCUT2D eigenvalue weighted by Crippen LogP contribution is -2.38. The normalized spacial score (nSPS) is 17.3. The third-order valence-electron chi connectivity index (χ3n) is 4.75. The zero-order valence-corrected chi connectivity index (χ0v) is 15.0. The van der Waals surface area contributed by atoms with E-state index in [1.54, 1.807) is 7.11 Å². The lowest BCUT2D eigenvalue weighted by Gasteiger charge is -2.26. The predicted octanol–water partition coefficient (Wildman–Crippen LogP) is 1.84. The third-order valence-corrected chi connectivity index (χ3v) is 4.75. The van der Waals surface area contributed by atoms with Gasteiger partial charge in [-0.15, -0.1) is 0 Å². The molecule has 6 nitrogen and oxygen atoms in total. The summed E-state index contributed by atoms with van der Waals surface area (Å²) >= 11 is 0. The fraction of sp³-hybridized carbons (Fsp3) is 0.474. The Bertz CT molecular complexity index is 686. The number of aromatic nitrogens is 2. The van der Waals surface area contributed by atoms with Gasteiger partial charge in [-0.3, -0.25) is 9.69 Å². The van der Waals surface area contributed by atoms with Gasteiger partial charge in [0.15, 0.2) is 6.10 Å². The molecule has 25 heavy (non-hydrogen) atoms. The molecule has 0 saturated carbocycles. The molecule has 2 aromatic rings. The first kappa shape index (κ1) is 17.6. The molecular weight excluding hydrogens is 316 g/mol. The maximum absolute atomic E-state index is 12.9. The molecular formula is C19H26N4O2. The standard InChI is InChI=1S/C19H26N4O2/c1-21-12-9-20-17(21)15-22-10-6-11-23(14-13-22)19(24)18(25-2)16-7-4-3-5-8-16/h3-5,7-9,12,18H,6,10-11,13-15H2,1-2H3. The van der Waals surface area contributed by atoms with E-state index in [2.05, 4.69) is 9.88 Å². The lowest BCUT2D eigenvalue weighted by molar-refractivity contribution is -0.142. The summed E-state index contributed by atoms with van der Waals surface area (Å²) < 4.78 is 7.55. The minimum atomic E-state index is -0.526. The molecule has 0 aliphatic carbocycles. The fourth-order valence-electron chi connectivity index (χ4n) is 3.27. The molecule has 6 heteroatoms. The summed E-state index contributed by atoms with van der Waals surface area (Å²) in [5.74, 6) is 1.10. The molecule has 1 unspecified atom stereocenters. The second-order valence-corrected chi connectivity index (χ2v) is 6.44. The van der Waals surface area contributed by atoms with Crippen LogP contribution in [-0.4, -0.2) is 58.5 Å². The van der Waals surface area contributed by atoms with Crippen molar-refractivity contribution in [3.8, 4) is 0 Å². The summed E-state index contributed by atoms with van der Waals surface area (Å²) in [5.41, 5.74) is 0.907. The van der Waals surface area contributed by atoms with Crippen LogP contribution in [0.25, 0.3) is 0 Å². The van der Waals surface area contributed by atoms with E-state index in [1.165, 1.54) is 0 Å². The minimum absolute atomic E-state index is 0.0486. The average Bonchev–Trinajstić information content (AvgIpc) is 2.89. The van der Waals surface area contributed by atoms with E-state index in [1.807, 2.05) is 59.2 Å². The molecule has 0 radical (unpaired) electrons. The van der Waals surface area contributed by atoms with Crippen LogP contribution < -0.4 is 0 Å². The molecule has 0 bridgehead atoms. The van der Waals surface area contributed by atoms with Crippen LogP contribution in [0.15, 0.2) is 42.7 Å². The maximum atomic E-state index is 12.9. The molecule has 0 N–H and O–H groups in total. The molecule has 134 valence electrons. The third kappa shape index (κ3) is 4.27. The second-order valence-electron chi connectivity index (χ2n) is 6.44. The predicted molar refractivity (Wildman–Crippen MR) is 95.9 cm³/mol. The number of methoxy groups -OCH3 is 1. The summed E-state index contributed by atoms with van der Waals surface area (Å²) in [7, 11) is 3.61. The highest BCUT2D eigenvalue weighted by Crippen LogP contribution is 2.20. The number of ether oxygens (including phenoxy) is 1. The molecule has 2 heterocycles. The van der Waals surface area contributed by atoms with Crippen molar-refractivity contribution in [3.05, 3.63) is 54.1 Å². The van der Waals surface area contributed by atoms with Crippen molar-refractivity contribution in [3.63, 3.8) is 0 Å². The van der Waals surface area contributed by atoms with E-state index in [-0.39, 0.29) is 5.91 Å². The van der Waals surface area contributed by atoms with Crippen LogP contribution in [0.1, 0.15) is 23.9 Å². The Hall–Kier alpha value is -2.18. The van der Waals surface area contributed by atoms with Gasteiger partial charge in [0.1, 0.15) is 5.82 Å². The average molecular weight is 342 g/mol. The number of carbonyl (C=O) groups excluding carboxylic acids is 1. The molecule has 1 amide bonds. The van der Waals surface area contributed by atoms with Crippen LogP contribution >= 0.6 is 0 Å². The molecule has 1 aromatic heterocycles. The number of carbonyl (C=O) groups is 1. The number of hydrogen-bond donors (Lipinski definition) is 0. The molecule has 1 aliphatic heterocycles. The van der Waals surface area contributed by atoms with E-state index < -0.39 is 6.10 Å². The SMILES string of the molecule is COC(C(=O)N1CCCN(Cc2nccn2C)CC1)c1ccccc1. The molecule has 3 rings (SSSR count). The Morgan fingerprint density at radius 3 is 2.68 bits per heavy atom. The van der Waals surface area contributed by atoms with Crippen LogP contribution in [-0.2, 0) is 23.1 Å². The molecule has 1 aliphatic rings. The summed E-state index contributed by atoms with van der Waals surface area (Å²) in [6, 6.07) is 9.70. The van der Waals surface area contributed by atoms with Gasteiger partial charge < -0.3 is 14.2 Å². The fourth-order valence-corrected chi connectivity index (χ4v) is 3.27. The van der Waals surface area contributed by atoms with Crippen molar-refractivity contribution < 1.29 is 9.53 Å². The van der Waals surface area contributed by atoms with Gasteiger partial charge in [0.05, 0.1) is 6.54 Å². The van der Waals surface area contributed by atoms with Crippen LogP contribution in [0.3, 0.4) is 0 Å². The zero-order valence-electron chi connectivity index (χ0n) is 15.0. The summed E-state index contributed by atoms with van der Waals surface area (Å²) in [4.78, 5) is 21.6. The molecule has 1 atom stereocenters. The van der Waals surface area contributed by atoms with Crippen molar-refractivity contribution in [1.29, 1.82) is 0 Å². The zero-order chi connectivity index (χ0) is 17.6. The Morgan fingerprint density at radius 1 is 1.20 bits per heavy atom. The van der Waals surface area contributed by atoms with Gasteiger partial charge in [-0.1, -0.05) is 30.3 Å². The lowest BCUT2D eigenvalue weighted by atomic mass is 10.1. The highest BCUT2D eigenvalue weighted by Gasteiger charge is 2.27. The number of imidazole rings is 1. The highest BCUT2D eigenvalue weighted by molar-refractivity contribution is 5.82. The van der Waals surface area contributed by atoms with Crippen LogP contribution in [0.4, 0.5) is 0 Å². The van der Waals surface area contributed by atoms with Gasteiger partial charge in [0.2, 0.25) is 0 Å². The Morgan fingerprint density at radius 2 is 2.00 bits per heavy atom. The molecule has 0 spiro atoms. The van der Waals surface area contributed by atoms with Crippen LogP contribution in [0, 0.1) is 0 Å². The monoisotopic (exact) mass is 342 g/mol. The molecule has 1 saturated heterocycles. The Balaban J connectivity index is 1.62. The van der Waals surface area contributed by atoms with E-state index in [0.717, 1.165) is 50.5 Å². The van der Waals surface area contributed by atoms with E-state index in [9.17, 15) is 4.79 Å². The summed E-state index contributed by atoms with van der Waals surface area (Å²) in [5, 5.41) is 0. The van der Waals surface area contributed by atoms with Crippen molar-refractivity contribution in [2.75, 3.05) is 33.3 Å². The van der Waals surface area contributed by atoms with Crippen molar-refractivity contribution >= 4 is 5.91 Å². The minimum Gasteiger partial charge on any atom is -0.367 e. The van der Waals surface area contributed by atoms with Crippen molar-refractivity contribution in [2.24, 2.45) is 7.05 Å². The number of hydrogen-bond acceptors (Lipinski definition) is 4. The van der Waals surface area contributed by atoms with Crippen LogP contribution in [0.2, 0.25) is 0 Å². The topological polar surface area (TPSA) is 50.6 Å². The molecule has 1 fully saturated rings. The summed E-state index contributed by atoms with van der Waals surface area (Å²) in [6.07, 6.45) is 4.22. The van der Waals surface area contributed by atoms with E-state index in [4.69, 9.17) is 4.74 Å². The van der Waals surface area contributed by atoms with Gasteiger partial charge in [0, 0.05) is 52.7 Å². The Kier molecular flexibility index (Phi) is 5.83. The van der Waals surface area contributed by atoms with Crippen molar-refractivity contribution in [2.45, 2.75) is 19.1 Å². The Labute approximate surface area is 149 Å². The van der Waals surface area contributed by atoms with Gasteiger partial charge >= 0.3 is 0 Å². The van der Waals surface area contributed by atoms with Gasteiger partial charge in [-0.2, -0.15) is 0 Å². The van der Waals surface area contributed by atoms with Gasteiger partial charge in [-0.25, -0.2) is 4.98 Å². The first-order valence-electron chi connectivity index (χ1n) is 8.74. The highest BCUT2D eigenvalue weighted by atomic mass is 16.5. The second kappa shape index (κ2) is 8.27. The maximum Gasteiger partial charge on any atom is 0.256 e. The smallest absolute Gasteiger partial charge is 0.256 e. The van der Waals surface area contributed by atoms with Gasteiger partial charge in [0.25, 0.3) is 5.91 Å². The number of aryl methyl sites for hydroxylation is 1. The van der Waals surface area contributed by atoms with Crippen molar-refractivity contribution in [1.82, 2.24) is 19.4 Å². The number of benzene rings is 1. The quantitative estimate of drug-likeness (QED) is 0.832. The number of nitrogens with zero attached hydrogens (tertiary/aromatic N) is 4. The first-order chi connectivity index (χ1) is 12.2. The first-order valence-corrected chi connectivity index (χ1v) is 8.74. The largest absolute Gasteiger partial charge is 0.367 e. The van der Waals surface area contributed by atoms with Crippen LogP contribution in [0.5, 0.6) is 0 Å². The number of amides is 1. The molecule has 1 aromatic carbocycles.